The van der Waals surface area contributed by atoms with Gasteiger partial charge in [-0.3, -0.25) is 9.97 Å². The summed E-state index contributed by atoms with van der Waals surface area (Å²) in [5.41, 5.74) is 1.95. The number of pyridine rings is 2. The third-order valence-electron chi connectivity index (χ3n) is 3.01. The van der Waals surface area contributed by atoms with Crippen LogP contribution in [0.3, 0.4) is 0 Å². The molecule has 2 heterocycles. The molecule has 0 saturated carbocycles. The zero-order valence-electron chi connectivity index (χ0n) is 11.0. The number of nitrogens with one attached hydrogen (secondary N) is 1. The zero-order valence-corrected chi connectivity index (χ0v) is 11.0. The van der Waals surface area contributed by atoms with Crippen molar-refractivity contribution >= 4 is 0 Å². The standard InChI is InChI=1S/C15H18FN3/c1-2-14(15-7-6-12(16)11-19-15)18-10-8-13-5-3-4-9-17-13/h3-7,9,11,14,18H,2,8,10H2,1H3. The first-order valence-electron chi connectivity index (χ1n) is 6.54. The maximum atomic E-state index is 12.8. The van der Waals surface area contributed by atoms with Gasteiger partial charge in [0.15, 0.2) is 0 Å². The van der Waals surface area contributed by atoms with Gasteiger partial charge in [-0.05, 0) is 30.7 Å². The first kappa shape index (κ1) is 13.6. The van der Waals surface area contributed by atoms with Gasteiger partial charge in [-0.1, -0.05) is 13.0 Å². The lowest BCUT2D eigenvalue weighted by Gasteiger charge is -2.16. The molecule has 0 aliphatic carbocycles. The maximum Gasteiger partial charge on any atom is 0.141 e. The topological polar surface area (TPSA) is 37.8 Å². The molecule has 100 valence electrons. The van der Waals surface area contributed by atoms with Gasteiger partial charge >= 0.3 is 0 Å². The molecule has 2 rings (SSSR count). The first-order valence-corrected chi connectivity index (χ1v) is 6.54. The molecule has 1 N–H and O–H groups in total. The largest absolute Gasteiger partial charge is 0.308 e. The zero-order chi connectivity index (χ0) is 13.5. The summed E-state index contributed by atoms with van der Waals surface area (Å²) in [5, 5.41) is 3.43. The van der Waals surface area contributed by atoms with Gasteiger partial charge in [0.1, 0.15) is 5.82 Å². The Morgan fingerprint density at radius 2 is 2.11 bits per heavy atom. The fourth-order valence-electron chi connectivity index (χ4n) is 1.97. The summed E-state index contributed by atoms with van der Waals surface area (Å²) in [6.07, 6.45) is 4.85. The first-order chi connectivity index (χ1) is 9.29. The molecule has 0 spiro atoms. The van der Waals surface area contributed by atoms with Crippen molar-refractivity contribution in [3.8, 4) is 0 Å². The third kappa shape index (κ3) is 4.10. The van der Waals surface area contributed by atoms with E-state index in [0.717, 1.165) is 30.8 Å². The molecule has 1 atom stereocenters. The lowest BCUT2D eigenvalue weighted by atomic mass is 10.1. The Balaban J connectivity index is 1.87. The van der Waals surface area contributed by atoms with E-state index in [1.807, 2.05) is 18.2 Å². The number of hydrogen-bond acceptors (Lipinski definition) is 3. The second-order valence-corrected chi connectivity index (χ2v) is 4.39. The summed E-state index contributed by atoms with van der Waals surface area (Å²) in [4.78, 5) is 8.40. The molecule has 0 aliphatic heterocycles. The quantitative estimate of drug-likeness (QED) is 0.866. The number of hydrogen-bond donors (Lipinski definition) is 1. The van der Waals surface area contributed by atoms with Crippen molar-refractivity contribution in [3.63, 3.8) is 0 Å². The van der Waals surface area contributed by atoms with Crippen LogP contribution in [0.25, 0.3) is 0 Å². The molecule has 0 saturated heterocycles. The van der Waals surface area contributed by atoms with E-state index in [4.69, 9.17) is 0 Å². The predicted molar refractivity (Wildman–Crippen MR) is 73.2 cm³/mol. The van der Waals surface area contributed by atoms with Crippen LogP contribution in [0.4, 0.5) is 4.39 Å². The molecule has 2 aromatic heterocycles. The van der Waals surface area contributed by atoms with Gasteiger partial charge in [0, 0.05) is 30.9 Å². The van der Waals surface area contributed by atoms with Gasteiger partial charge in [0.2, 0.25) is 0 Å². The SMILES string of the molecule is CCC(NCCc1ccccn1)c1ccc(F)cn1. The molecule has 2 aromatic rings. The molecular formula is C15H18FN3. The maximum absolute atomic E-state index is 12.8. The molecule has 1 unspecified atom stereocenters. The van der Waals surface area contributed by atoms with Gasteiger partial charge in [0.25, 0.3) is 0 Å². The van der Waals surface area contributed by atoms with Crippen molar-refractivity contribution < 1.29 is 4.39 Å². The molecule has 0 bridgehead atoms. The highest BCUT2D eigenvalue weighted by molar-refractivity contribution is 5.10. The van der Waals surface area contributed by atoms with Crippen LogP contribution in [0.5, 0.6) is 0 Å². The Morgan fingerprint density at radius 3 is 2.74 bits per heavy atom. The smallest absolute Gasteiger partial charge is 0.141 e. The van der Waals surface area contributed by atoms with Crippen molar-refractivity contribution in [1.29, 1.82) is 0 Å². The van der Waals surface area contributed by atoms with E-state index < -0.39 is 0 Å². The summed E-state index contributed by atoms with van der Waals surface area (Å²) in [5.74, 6) is -0.299. The van der Waals surface area contributed by atoms with Crippen LogP contribution in [0.15, 0.2) is 42.7 Å². The molecule has 0 amide bonds. The Morgan fingerprint density at radius 1 is 1.21 bits per heavy atom. The Labute approximate surface area is 112 Å². The summed E-state index contributed by atoms with van der Waals surface area (Å²) in [7, 11) is 0. The van der Waals surface area contributed by atoms with E-state index in [2.05, 4.69) is 22.2 Å². The minimum absolute atomic E-state index is 0.157. The molecular weight excluding hydrogens is 241 g/mol. The summed E-state index contributed by atoms with van der Waals surface area (Å²) >= 11 is 0. The van der Waals surface area contributed by atoms with E-state index >= 15 is 0 Å². The fraction of sp³-hybridized carbons (Fsp3) is 0.333. The predicted octanol–water partition coefficient (Wildman–Crippen LogP) is 2.90. The number of nitrogens with zero attached hydrogens (tertiary/aromatic N) is 2. The fourth-order valence-corrected chi connectivity index (χ4v) is 1.97. The van der Waals surface area contributed by atoms with Crippen LogP contribution in [-0.2, 0) is 6.42 Å². The molecule has 0 radical (unpaired) electrons. The normalized spacial score (nSPS) is 12.3. The van der Waals surface area contributed by atoms with Crippen molar-refractivity contribution in [1.82, 2.24) is 15.3 Å². The van der Waals surface area contributed by atoms with E-state index in [-0.39, 0.29) is 11.9 Å². The second kappa shape index (κ2) is 6.95. The molecule has 19 heavy (non-hydrogen) atoms. The molecule has 4 heteroatoms. The Kier molecular flexibility index (Phi) is 4.98. The number of rotatable bonds is 6. The average Bonchev–Trinajstić information content (AvgIpc) is 2.46. The van der Waals surface area contributed by atoms with Crippen molar-refractivity contribution in [2.24, 2.45) is 0 Å². The van der Waals surface area contributed by atoms with Crippen LogP contribution in [0.1, 0.15) is 30.8 Å². The second-order valence-electron chi connectivity index (χ2n) is 4.39. The van der Waals surface area contributed by atoms with Crippen LogP contribution in [0, 0.1) is 5.82 Å². The third-order valence-corrected chi connectivity index (χ3v) is 3.01. The van der Waals surface area contributed by atoms with E-state index in [1.165, 1.54) is 12.3 Å². The Bertz CT molecular complexity index is 485. The molecule has 0 aliphatic rings. The van der Waals surface area contributed by atoms with Crippen LogP contribution in [0.2, 0.25) is 0 Å². The van der Waals surface area contributed by atoms with Gasteiger partial charge in [-0.15, -0.1) is 0 Å². The molecule has 0 aromatic carbocycles. The van der Waals surface area contributed by atoms with E-state index in [9.17, 15) is 4.39 Å². The number of aromatic nitrogens is 2. The minimum atomic E-state index is -0.299. The summed E-state index contributed by atoms with van der Waals surface area (Å²) in [6.45, 7) is 2.91. The van der Waals surface area contributed by atoms with Gasteiger partial charge in [0.05, 0.1) is 11.9 Å². The highest BCUT2D eigenvalue weighted by atomic mass is 19.1. The lowest BCUT2D eigenvalue weighted by Crippen LogP contribution is -2.24. The van der Waals surface area contributed by atoms with Gasteiger partial charge in [-0.25, -0.2) is 4.39 Å². The molecule has 3 nitrogen and oxygen atoms in total. The Hall–Kier alpha value is -1.81. The number of halogens is 1. The lowest BCUT2D eigenvalue weighted by molar-refractivity contribution is 0.506. The highest BCUT2D eigenvalue weighted by Crippen LogP contribution is 2.13. The van der Waals surface area contributed by atoms with Crippen LogP contribution in [-0.4, -0.2) is 16.5 Å². The molecule has 0 fully saturated rings. The van der Waals surface area contributed by atoms with Crippen LogP contribution < -0.4 is 5.32 Å². The van der Waals surface area contributed by atoms with Crippen molar-refractivity contribution in [3.05, 3.63) is 59.9 Å². The monoisotopic (exact) mass is 259 g/mol. The summed E-state index contributed by atoms with van der Waals surface area (Å²) in [6, 6.07) is 9.25. The van der Waals surface area contributed by atoms with Crippen LogP contribution >= 0.6 is 0 Å². The van der Waals surface area contributed by atoms with E-state index in [1.54, 1.807) is 12.3 Å². The highest BCUT2D eigenvalue weighted by Gasteiger charge is 2.09. The van der Waals surface area contributed by atoms with Crippen molar-refractivity contribution in [2.75, 3.05) is 6.54 Å². The van der Waals surface area contributed by atoms with E-state index in [0.29, 0.717) is 0 Å². The van der Waals surface area contributed by atoms with Gasteiger partial charge in [-0.2, -0.15) is 0 Å². The summed E-state index contributed by atoms with van der Waals surface area (Å²) < 4.78 is 12.8. The van der Waals surface area contributed by atoms with Gasteiger partial charge < -0.3 is 5.32 Å². The average molecular weight is 259 g/mol. The minimum Gasteiger partial charge on any atom is -0.308 e. The van der Waals surface area contributed by atoms with Crippen molar-refractivity contribution in [2.45, 2.75) is 25.8 Å².